The van der Waals surface area contributed by atoms with Crippen LogP contribution in [0, 0.1) is 0 Å². The summed E-state index contributed by atoms with van der Waals surface area (Å²) in [5.74, 6) is -0.0318. The maximum atomic E-state index is 11.6. The zero-order valence-corrected chi connectivity index (χ0v) is 9.86. The van der Waals surface area contributed by atoms with Gasteiger partial charge in [0.1, 0.15) is 0 Å². The Balaban J connectivity index is 1.97. The first-order valence-corrected chi connectivity index (χ1v) is 5.70. The minimum atomic E-state index is -0.0318. The number of hydrogen-bond donors (Lipinski definition) is 0. The Morgan fingerprint density at radius 1 is 0.833 bits per heavy atom. The molecule has 2 heteroatoms. The van der Waals surface area contributed by atoms with Gasteiger partial charge in [0.25, 0.3) is 0 Å². The normalized spacial score (nSPS) is 11.1. The molecule has 2 aromatic rings. The third-order valence-electron chi connectivity index (χ3n) is 2.39. The Morgan fingerprint density at radius 3 is 2.00 bits per heavy atom. The van der Waals surface area contributed by atoms with Crippen LogP contribution in [0.1, 0.15) is 11.1 Å². The van der Waals surface area contributed by atoms with Gasteiger partial charge in [-0.2, -0.15) is 0 Å². The summed E-state index contributed by atoms with van der Waals surface area (Å²) in [6.07, 6.45) is 10.1. The van der Waals surface area contributed by atoms with Gasteiger partial charge in [-0.15, -0.1) is 0 Å². The average Bonchev–Trinajstić information content (AvgIpc) is 2.45. The lowest BCUT2D eigenvalue weighted by molar-refractivity contribution is -0.110. The largest absolute Gasteiger partial charge is 0.290 e. The topological polar surface area (TPSA) is 30.0 Å². The molecular formula is C16H13NO. The molecule has 18 heavy (non-hydrogen) atoms. The number of benzene rings is 1. The molecule has 0 bridgehead atoms. The van der Waals surface area contributed by atoms with Crippen LogP contribution in [0.3, 0.4) is 0 Å². The van der Waals surface area contributed by atoms with E-state index in [9.17, 15) is 4.79 Å². The minimum absolute atomic E-state index is 0.0318. The predicted octanol–water partition coefficient (Wildman–Crippen LogP) is 3.38. The van der Waals surface area contributed by atoms with E-state index in [2.05, 4.69) is 4.98 Å². The monoisotopic (exact) mass is 235 g/mol. The van der Waals surface area contributed by atoms with Crippen molar-refractivity contribution in [1.29, 1.82) is 0 Å². The van der Waals surface area contributed by atoms with Crippen molar-refractivity contribution >= 4 is 17.9 Å². The van der Waals surface area contributed by atoms with Crippen molar-refractivity contribution in [3.8, 4) is 0 Å². The molecule has 88 valence electrons. The van der Waals surface area contributed by atoms with Crippen LogP contribution in [0.4, 0.5) is 0 Å². The fourth-order valence-corrected chi connectivity index (χ4v) is 1.45. The van der Waals surface area contributed by atoms with E-state index >= 15 is 0 Å². The molecule has 2 nitrogen and oxygen atoms in total. The van der Waals surface area contributed by atoms with Gasteiger partial charge in [0, 0.05) is 12.4 Å². The average molecular weight is 235 g/mol. The highest BCUT2D eigenvalue weighted by atomic mass is 16.1. The van der Waals surface area contributed by atoms with E-state index in [1.165, 1.54) is 0 Å². The number of allylic oxidation sites excluding steroid dienone is 2. The molecule has 1 aromatic carbocycles. The second-order valence-electron chi connectivity index (χ2n) is 3.76. The Bertz CT molecular complexity index is 505. The molecule has 0 aliphatic rings. The van der Waals surface area contributed by atoms with Gasteiger partial charge in [-0.25, -0.2) is 0 Å². The zero-order chi connectivity index (χ0) is 12.6. The lowest BCUT2D eigenvalue weighted by Crippen LogP contribution is -1.84. The first-order chi connectivity index (χ1) is 8.84. The first kappa shape index (κ1) is 12.0. The van der Waals surface area contributed by atoms with Crippen LogP contribution >= 0.6 is 0 Å². The number of hydrogen-bond acceptors (Lipinski definition) is 2. The number of pyridine rings is 1. The second kappa shape index (κ2) is 6.30. The summed E-state index contributed by atoms with van der Waals surface area (Å²) in [7, 11) is 0. The molecule has 0 N–H and O–H groups in total. The van der Waals surface area contributed by atoms with Gasteiger partial charge in [0.2, 0.25) is 0 Å². The van der Waals surface area contributed by atoms with Crippen LogP contribution in [0.2, 0.25) is 0 Å². The summed E-state index contributed by atoms with van der Waals surface area (Å²) < 4.78 is 0. The maximum Gasteiger partial charge on any atom is 0.178 e. The molecule has 2 rings (SSSR count). The fraction of sp³-hybridized carbons (Fsp3) is 0. The fourth-order valence-electron chi connectivity index (χ4n) is 1.45. The molecule has 0 saturated heterocycles. The van der Waals surface area contributed by atoms with Crippen LogP contribution in [0.15, 0.2) is 67.0 Å². The first-order valence-electron chi connectivity index (χ1n) is 5.70. The third kappa shape index (κ3) is 3.83. The van der Waals surface area contributed by atoms with Crippen molar-refractivity contribution in [2.45, 2.75) is 0 Å². The molecule has 0 amide bonds. The lowest BCUT2D eigenvalue weighted by Gasteiger charge is -1.91. The van der Waals surface area contributed by atoms with Gasteiger partial charge in [0.05, 0.1) is 0 Å². The van der Waals surface area contributed by atoms with Crippen molar-refractivity contribution < 1.29 is 4.79 Å². The van der Waals surface area contributed by atoms with E-state index in [4.69, 9.17) is 0 Å². The van der Waals surface area contributed by atoms with Gasteiger partial charge >= 0.3 is 0 Å². The molecule has 0 spiro atoms. The number of aromatic nitrogens is 1. The van der Waals surface area contributed by atoms with Crippen LogP contribution in [0.5, 0.6) is 0 Å². The van der Waals surface area contributed by atoms with E-state index in [1.54, 1.807) is 36.7 Å². The van der Waals surface area contributed by atoms with Crippen molar-refractivity contribution in [2.75, 3.05) is 0 Å². The summed E-state index contributed by atoms with van der Waals surface area (Å²) in [6, 6.07) is 13.4. The number of nitrogens with zero attached hydrogens (tertiary/aromatic N) is 1. The lowest BCUT2D eigenvalue weighted by atomic mass is 10.2. The summed E-state index contributed by atoms with van der Waals surface area (Å²) in [4.78, 5) is 15.5. The summed E-state index contributed by atoms with van der Waals surface area (Å²) in [6.45, 7) is 0. The number of rotatable bonds is 4. The van der Waals surface area contributed by atoms with E-state index in [1.807, 2.05) is 42.5 Å². The minimum Gasteiger partial charge on any atom is -0.290 e. The Hall–Kier alpha value is -2.48. The predicted molar refractivity (Wildman–Crippen MR) is 73.8 cm³/mol. The molecule has 1 aromatic heterocycles. The highest BCUT2D eigenvalue weighted by molar-refractivity contribution is 6.04. The highest BCUT2D eigenvalue weighted by Gasteiger charge is 1.90. The van der Waals surface area contributed by atoms with Crippen LogP contribution < -0.4 is 0 Å². The summed E-state index contributed by atoms with van der Waals surface area (Å²) in [5.41, 5.74) is 1.98. The number of carbonyl (C=O) groups is 1. The zero-order valence-electron chi connectivity index (χ0n) is 9.86. The van der Waals surface area contributed by atoms with Gasteiger partial charge in [-0.3, -0.25) is 9.78 Å². The Labute approximate surface area is 106 Å². The van der Waals surface area contributed by atoms with Gasteiger partial charge < -0.3 is 0 Å². The summed E-state index contributed by atoms with van der Waals surface area (Å²) in [5, 5.41) is 0. The van der Waals surface area contributed by atoms with E-state index in [0.29, 0.717) is 0 Å². The van der Waals surface area contributed by atoms with Gasteiger partial charge in [-0.1, -0.05) is 42.5 Å². The molecule has 0 aliphatic carbocycles. The van der Waals surface area contributed by atoms with E-state index in [-0.39, 0.29) is 5.78 Å². The van der Waals surface area contributed by atoms with Crippen molar-refractivity contribution in [3.63, 3.8) is 0 Å². The van der Waals surface area contributed by atoms with Crippen LogP contribution in [-0.4, -0.2) is 10.8 Å². The Kier molecular flexibility index (Phi) is 4.20. The molecular weight excluding hydrogens is 222 g/mol. The van der Waals surface area contributed by atoms with E-state index < -0.39 is 0 Å². The van der Waals surface area contributed by atoms with Crippen molar-refractivity contribution in [1.82, 2.24) is 4.98 Å². The molecule has 0 fully saturated rings. The second-order valence-corrected chi connectivity index (χ2v) is 3.76. The molecule has 0 saturated carbocycles. The quantitative estimate of drug-likeness (QED) is 0.760. The van der Waals surface area contributed by atoms with Gasteiger partial charge in [-0.05, 0) is 35.4 Å². The smallest absolute Gasteiger partial charge is 0.178 e. The molecule has 0 atom stereocenters. The van der Waals surface area contributed by atoms with Crippen molar-refractivity contribution in [2.24, 2.45) is 0 Å². The Morgan fingerprint density at radius 2 is 1.39 bits per heavy atom. The SMILES string of the molecule is O=C(/C=C/c1ccccc1)/C=C/c1ccncc1. The van der Waals surface area contributed by atoms with Crippen molar-refractivity contribution in [3.05, 3.63) is 78.1 Å². The highest BCUT2D eigenvalue weighted by Crippen LogP contribution is 2.02. The molecule has 1 heterocycles. The summed E-state index contributed by atoms with van der Waals surface area (Å²) >= 11 is 0. The van der Waals surface area contributed by atoms with Gasteiger partial charge in [0.15, 0.2) is 5.78 Å². The standard InChI is InChI=1S/C16H13NO/c18-16(8-6-14-4-2-1-3-5-14)9-7-15-10-12-17-13-11-15/h1-13H/b8-6+,9-7+. The number of ketones is 1. The van der Waals surface area contributed by atoms with Crippen LogP contribution in [-0.2, 0) is 4.79 Å². The number of carbonyl (C=O) groups excluding carboxylic acids is 1. The molecule has 0 radical (unpaired) electrons. The van der Waals surface area contributed by atoms with E-state index in [0.717, 1.165) is 11.1 Å². The van der Waals surface area contributed by atoms with Crippen LogP contribution in [0.25, 0.3) is 12.2 Å². The molecule has 0 aliphatic heterocycles. The third-order valence-corrected chi connectivity index (χ3v) is 2.39. The maximum absolute atomic E-state index is 11.6. The molecule has 0 unspecified atom stereocenters.